The predicted octanol–water partition coefficient (Wildman–Crippen LogP) is 1.98. The zero-order valence-electron chi connectivity index (χ0n) is 16.2. The summed E-state index contributed by atoms with van der Waals surface area (Å²) in [5.74, 6) is -0.286. The van der Waals surface area contributed by atoms with E-state index >= 15 is 0 Å². The molecule has 8 nitrogen and oxygen atoms in total. The van der Waals surface area contributed by atoms with Gasteiger partial charge in [-0.15, -0.1) is 0 Å². The Labute approximate surface area is 169 Å². The summed E-state index contributed by atoms with van der Waals surface area (Å²) in [7, 11) is -1.99. The number of carbonyl (C=O) groups is 2. The van der Waals surface area contributed by atoms with E-state index in [9.17, 15) is 18.0 Å². The number of rotatable bonds is 7. The minimum atomic E-state index is -3.55. The number of anilines is 2. The summed E-state index contributed by atoms with van der Waals surface area (Å²) in [4.78, 5) is 26.7. The lowest BCUT2D eigenvalue weighted by atomic mass is 10.1. The molecule has 0 spiro atoms. The largest absolute Gasteiger partial charge is 0.497 e. The number of ether oxygens (including phenoxy) is 1. The number of nitrogens with one attached hydrogen (secondary N) is 2. The molecular formula is C20H23N3O5S. The molecule has 0 aliphatic carbocycles. The molecule has 2 aromatic rings. The third kappa shape index (κ3) is 4.75. The van der Waals surface area contributed by atoms with Crippen LogP contribution in [0.2, 0.25) is 0 Å². The van der Waals surface area contributed by atoms with Crippen molar-refractivity contribution in [2.75, 3.05) is 30.4 Å². The Hall–Kier alpha value is -2.91. The van der Waals surface area contributed by atoms with Crippen molar-refractivity contribution >= 4 is 33.2 Å². The van der Waals surface area contributed by atoms with Gasteiger partial charge in [0.15, 0.2) is 0 Å². The second-order valence-corrected chi connectivity index (χ2v) is 8.39. The molecule has 3 rings (SSSR count). The zero-order valence-corrected chi connectivity index (χ0v) is 17.0. The highest BCUT2D eigenvalue weighted by Gasteiger charge is 2.35. The number of nitrogens with zero attached hydrogens (tertiary/aromatic N) is 1. The second-order valence-electron chi connectivity index (χ2n) is 6.62. The smallest absolute Gasteiger partial charge is 0.240 e. The molecule has 0 aromatic heterocycles. The van der Waals surface area contributed by atoms with Crippen molar-refractivity contribution in [1.82, 2.24) is 4.72 Å². The molecule has 2 aromatic carbocycles. The van der Waals surface area contributed by atoms with E-state index in [1.807, 2.05) is 0 Å². The van der Waals surface area contributed by atoms with E-state index in [0.29, 0.717) is 23.7 Å². The summed E-state index contributed by atoms with van der Waals surface area (Å²) in [6.45, 7) is 2.26. The van der Waals surface area contributed by atoms with Crippen LogP contribution in [0.4, 0.5) is 11.4 Å². The van der Waals surface area contributed by atoms with Gasteiger partial charge in [-0.2, -0.15) is 0 Å². The fraction of sp³-hybridized carbons (Fsp3) is 0.300. The quantitative estimate of drug-likeness (QED) is 0.717. The number of methoxy groups -OCH3 is 1. The fourth-order valence-corrected chi connectivity index (χ4v) is 4.19. The first kappa shape index (κ1) is 20.8. The second kappa shape index (κ2) is 8.62. The number of hydrogen-bond acceptors (Lipinski definition) is 5. The fourth-order valence-electron chi connectivity index (χ4n) is 3.15. The summed E-state index contributed by atoms with van der Waals surface area (Å²) in [5, 5.41) is 2.75. The lowest BCUT2D eigenvalue weighted by Crippen LogP contribution is -2.28. The van der Waals surface area contributed by atoms with Crippen molar-refractivity contribution < 1.29 is 22.7 Å². The van der Waals surface area contributed by atoms with Crippen LogP contribution in [-0.4, -0.2) is 40.4 Å². The minimum absolute atomic E-state index is 0.107. The summed E-state index contributed by atoms with van der Waals surface area (Å²) < 4.78 is 31.6. The maximum Gasteiger partial charge on any atom is 0.240 e. The average Bonchev–Trinajstić information content (AvgIpc) is 3.10. The van der Waals surface area contributed by atoms with Crippen molar-refractivity contribution in [3.8, 4) is 5.75 Å². The number of sulfonamides is 1. The van der Waals surface area contributed by atoms with Crippen LogP contribution in [0.5, 0.6) is 5.75 Å². The van der Waals surface area contributed by atoms with Crippen LogP contribution < -0.4 is 19.7 Å². The van der Waals surface area contributed by atoms with E-state index in [2.05, 4.69) is 10.0 Å². The minimum Gasteiger partial charge on any atom is -0.497 e. The molecule has 1 aliphatic rings. The van der Waals surface area contributed by atoms with Crippen LogP contribution in [0.25, 0.3) is 0 Å². The van der Waals surface area contributed by atoms with Crippen molar-refractivity contribution in [2.24, 2.45) is 5.92 Å². The first-order chi connectivity index (χ1) is 13.8. The topological polar surface area (TPSA) is 105 Å². The van der Waals surface area contributed by atoms with Gasteiger partial charge in [-0.3, -0.25) is 9.59 Å². The number of amides is 2. The number of carbonyl (C=O) groups excluding carboxylic acids is 2. The molecule has 2 amide bonds. The van der Waals surface area contributed by atoms with Crippen LogP contribution in [-0.2, 0) is 19.6 Å². The summed E-state index contributed by atoms with van der Waals surface area (Å²) in [6.07, 6.45) is 0.107. The van der Waals surface area contributed by atoms with E-state index in [1.54, 1.807) is 43.2 Å². The Balaban J connectivity index is 1.66. The highest BCUT2D eigenvalue weighted by molar-refractivity contribution is 7.89. The number of benzene rings is 2. The van der Waals surface area contributed by atoms with E-state index in [-0.39, 0.29) is 29.7 Å². The SMILES string of the molecule is CCNS(=O)(=O)c1ccc(NC(=O)[C@@H]2CC(=O)N(c3cccc(OC)c3)C2)cc1. The molecule has 0 saturated carbocycles. The molecule has 1 saturated heterocycles. The molecular weight excluding hydrogens is 394 g/mol. The van der Waals surface area contributed by atoms with Gasteiger partial charge in [0.05, 0.1) is 17.9 Å². The van der Waals surface area contributed by atoms with Gasteiger partial charge in [-0.1, -0.05) is 13.0 Å². The van der Waals surface area contributed by atoms with Gasteiger partial charge < -0.3 is 15.0 Å². The maximum absolute atomic E-state index is 12.6. The molecule has 1 atom stereocenters. The molecule has 2 N–H and O–H groups in total. The first-order valence-corrected chi connectivity index (χ1v) is 10.7. The Morgan fingerprint density at radius 1 is 1.21 bits per heavy atom. The van der Waals surface area contributed by atoms with Crippen LogP contribution in [0.15, 0.2) is 53.4 Å². The van der Waals surface area contributed by atoms with Gasteiger partial charge in [-0.05, 0) is 36.4 Å². The normalized spacial score (nSPS) is 16.7. The van der Waals surface area contributed by atoms with E-state index < -0.39 is 15.9 Å². The summed E-state index contributed by atoms with van der Waals surface area (Å²) >= 11 is 0. The average molecular weight is 417 g/mol. The molecule has 9 heteroatoms. The Morgan fingerprint density at radius 2 is 1.93 bits per heavy atom. The van der Waals surface area contributed by atoms with Crippen LogP contribution in [0.1, 0.15) is 13.3 Å². The van der Waals surface area contributed by atoms with Gasteiger partial charge in [0, 0.05) is 37.0 Å². The van der Waals surface area contributed by atoms with Crippen molar-refractivity contribution in [3.63, 3.8) is 0 Å². The van der Waals surface area contributed by atoms with Crippen LogP contribution >= 0.6 is 0 Å². The standard InChI is InChI=1S/C20H23N3O5S/c1-3-21-29(26,27)18-9-7-15(8-10-18)22-20(25)14-11-19(24)23(13-14)16-5-4-6-17(12-16)28-2/h4-10,12,14,21H,3,11,13H2,1-2H3,(H,22,25)/t14-/m1/s1. The predicted molar refractivity (Wildman–Crippen MR) is 109 cm³/mol. The molecule has 0 unspecified atom stereocenters. The van der Waals surface area contributed by atoms with Crippen LogP contribution in [0, 0.1) is 5.92 Å². The first-order valence-electron chi connectivity index (χ1n) is 9.19. The molecule has 154 valence electrons. The Kier molecular flexibility index (Phi) is 6.19. The van der Waals surface area contributed by atoms with Crippen molar-refractivity contribution in [2.45, 2.75) is 18.2 Å². The summed E-state index contributed by atoms with van der Waals surface area (Å²) in [5.41, 5.74) is 1.15. The van der Waals surface area contributed by atoms with Gasteiger partial charge >= 0.3 is 0 Å². The highest BCUT2D eigenvalue weighted by Crippen LogP contribution is 2.28. The third-order valence-corrected chi connectivity index (χ3v) is 6.19. The van der Waals surface area contributed by atoms with Crippen molar-refractivity contribution in [1.29, 1.82) is 0 Å². The molecule has 0 bridgehead atoms. The van der Waals surface area contributed by atoms with Crippen LogP contribution in [0.3, 0.4) is 0 Å². The molecule has 29 heavy (non-hydrogen) atoms. The van der Waals surface area contributed by atoms with Crippen molar-refractivity contribution in [3.05, 3.63) is 48.5 Å². The molecule has 0 radical (unpaired) electrons. The van der Waals surface area contributed by atoms with Gasteiger partial charge in [0.2, 0.25) is 21.8 Å². The lowest BCUT2D eigenvalue weighted by molar-refractivity contribution is -0.122. The van der Waals surface area contributed by atoms with E-state index in [1.165, 1.54) is 24.3 Å². The molecule has 1 heterocycles. The Morgan fingerprint density at radius 3 is 2.59 bits per heavy atom. The van der Waals surface area contributed by atoms with Gasteiger partial charge in [0.1, 0.15) is 5.75 Å². The maximum atomic E-state index is 12.6. The molecule has 1 fully saturated rings. The Bertz CT molecular complexity index is 1010. The van der Waals surface area contributed by atoms with Gasteiger partial charge in [0.25, 0.3) is 0 Å². The lowest BCUT2D eigenvalue weighted by Gasteiger charge is -2.17. The molecule has 1 aliphatic heterocycles. The monoisotopic (exact) mass is 417 g/mol. The highest BCUT2D eigenvalue weighted by atomic mass is 32.2. The number of hydrogen-bond donors (Lipinski definition) is 2. The third-order valence-electron chi connectivity index (χ3n) is 4.63. The van der Waals surface area contributed by atoms with E-state index in [0.717, 1.165) is 0 Å². The zero-order chi connectivity index (χ0) is 21.0. The van der Waals surface area contributed by atoms with Gasteiger partial charge in [-0.25, -0.2) is 13.1 Å². The van der Waals surface area contributed by atoms with E-state index in [4.69, 9.17) is 4.74 Å². The summed E-state index contributed by atoms with van der Waals surface area (Å²) in [6, 6.07) is 13.0.